The number of anilines is 2. The average Bonchev–Trinajstić information content (AvgIpc) is 2.45. The summed E-state index contributed by atoms with van der Waals surface area (Å²) in [5.41, 5.74) is 2.98. The molecule has 8 nitrogen and oxygen atoms in total. The first-order valence-electron chi connectivity index (χ1n) is 5.46. The summed E-state index contributed by atoms with van der Waals surface area (Å²) < 4.78 is 0. The van der Waals surface area contributed by atoms with E-state index < -0.39 is 4.92 Å². The Balaban J connectivity index is 2.20. The largest absolute Gasteiger partial charge is 0.359 e. The normalized spacial score (nSPS) is 9.95. The van der Waals surface area contributed by atoms with Gasteiger partial charge in [0.05, 0.1) is 17.2 Å². The Morgan fingerprint density at radius 3 is 2.79 bits per heavy atom. The van der Waals surface area contributed by atoms with Gasteiger partial charge < -0.3 is 10.7 Å². The van der Waals surface area contributed by atoms with Crippen LogP contribution in [0.5, 0.6) is 0 Å². The second-order valence-corrected chi connectivity index (χ2v) is 3.64. The number of rotatable bonds is 5. The molecule has 2 heterocycles. The fraction of sp³-hybridized carbons (Fsp3) is 0.0909. The maximum absolute atomic E-state index is 10.9. The van der Waals surface area contributed by atoms with E-state index in [-0.39, 0.29) is 11.5 Å². The monoisotopic (exact) mass is 260 g/mol. The Morgan fingerprint density at radius 1 is 1.32 bits per heavy atom. The van der Waals surface area contributed by atoms with Gasteiger partial charge in [0, 0.05) is 12.3 Å². The van der Waals surface area contributed by atoms with E-state index in [1.807, 2.05) is 12.1 Å². The molecule has 0 aliphatic heterocycles. The number of nitro groups is 1. The maximum atomic E-state index is 10.9. The Labute approximate surface area is 108 Å². The molecule has 0 fully saturated rings. The second kappa shape index (κ2) is 5.74. The lowest BCUT2D eigenvalue weighted by Gasteiger charge is -2.07. The summed E-state index contributed by atoms with van der Waals surface area (Å²) in [5, 5.41) is 13.8. The van der Waals surface area contributed by atoms with Crippen LogP contribution in [0, 0.1) is 10.1 Å². The lowest BCUT2D eigenvalue weighted by molar-refractivity contribution is -0.384. The molecule has 8 heteroatoms. The molecular weight excluding hydrogens is 248 g/mol. The molecule has 0 bridgehead atoms. The fourth-order valence-corrected chi connectivity index (χ4v) is 1.49. The van der Waals surface area contributed by atoms with E-state index in [1.54, 1.807) is 12.3 Å². The number of nitrogens with two attached hydrogens (primary N) is 1. The third-order valence-corrected chi connectivity index (χ3v) is 2.38. The molecule has 19 heavy (non-hydrogen) atoms. The first-order valence-corrected chi connectivity index (χ1v) is 5.46. The van der Waals surface area contributed by atoms with Crippen molar-refractivity contribution in [2.75, 3.05) is 10.7 Å². The third-order valence-electron chi connectivity index (χ3n) is 2.38. The van der Waals surface area contributed by atoms with Gasteiger partial charge in [-0.05, 0) is 18.2 Å². The summed E-state index contributed by atoms with van der Waals surface area (Å²) >= 11 is 0. The fourth-order valence-electron chi connectivity index (χ4n) is 1.49. The Kier molecular flexibility index (Phi) is 3.84. The first kappa shape index (κ1) is 12.7. The Hall–Kier alpha value is -2.74. The van der Waals surface area contributed by atoms with Crippen molar-refractivity contribution in [3.8, 4) is 0 Å². The average molecular weight is 260 g/mol. The number of hydrazine groups is 1. The van der Waals surface area contributed by atoms with Crippen molar-refractivity contribution >= 4 is 17.3 Å². The summed E-state index contributed by atoms with van der Waals surface area (Å²) in [6.07, 6.45) is 1.65. The number of aromatic nitrogens is 2. The van der Waals surface area contributed by atoms with Crippen molar-refractivity contribution < 1.29 is 4.92 Å². The van der Waals surface area contributed by atoms with Crippen molar-refractivity contribution in [3.05, 3.63) is 52.3 Å². The molecule has 0 saturated carbocycles. The number of nitrogen functional groups attached to an aromatic ring is 1. The zero-order chi connectivity index (χ0) is 13.7. The van der Waals surface area contributed by atoms with Crippen LogP contribution in [-0.2, 0) is 6.54 Å². The van der Waals surface area contributed by atoms with Crippen molar-refractivity contribution in [2.24, 2.45) is 5.84 Å². The smallest absolute Gasteiger partial charge is 0.311 e. The molecule has 2 aromatic rings. The van der Waals surface area contributed by atoms with Crippen molar-refractivity contribution in [1.82, 2.24) is 9.97 Å². The highest BCUT2D eigenvalue weighted by atomic mass is 16.6. The molecular formula is C11H12N6O2. The van der Waals surface area contributed by atoms with E-state index in [4.69, 9.17) is 5.84 Å². The molecule has 2 rings (SSSR count). The summed E-state index contributed by atoms with van der Waals surface area (Å²) in [6.45, 7) is 0.336. The van der Waals surface area contributed by atoms with E-state index in [0.29, 0.717) is 12.4 Å². The molecule has 0 aliphatic rings. The van der Waals surface area contributed by atoms with Gasteiger partial charge in [-0.1, -0.05) is 6.07 Å². The molecule has 98 valence electrons. The minimum Gasteiger partial charge on any atom is -0.359 e. The van der Waals surface area contributed by atoms with Crippen LogP contribution in [0.15, 0.2) is 36.5 Å². The SMILES string of the molecule is NNc1ccc([N+](=O)[O-])c(NCc2ccccn2)n1. The Bertz CT molecular complexity index is 575. The highest BCUT2D eigenvalue weighted by Crippen LogP contribution is 2.23. The lowest BCUT2D eigenvalue weighted by atomic mass is 10.3. The molecule has 0 saturated heterocycles. The van der Waals surface area contributed by atoms with Gasteiger partial charge >= 0.3 is 5.69 Å². The van der Waals surface area contributed by atoms with Crippen LogP contribution in [0.4, 0.5) is 17.3 Å². The molecule has 0 atom stereocenters. The van der Waals surface area contributed by atoms with E-state index in [1.165, 1.54) is 12.1 Å². The van der Waals surface area contributed by atoms with Crippen LogP contribution in [0.1, 0.15) is 5.69 Å². The predicted octanol–water partition coefficient (Wildman–Crippen LogP) is 1.28. The zero-order valence-electron chi connectivity index (χ0n) is 9.91. The van der Waals surface area contributed by atoms with Gasteiger partial charge in [0.25, 0.3) is 0 Å². The molecule has 2 aromatic heterocycles. The van der Waals surface area contributed by atoms with Gasteiger partial charge in [-0.2, -0.15) is 0 Å². The molecule has 0 radical (unpaired) electrons. The van der Waals surface area contributed by atoms with E-state index in [0.717, 1.165) is 5.69 Å². The number of nitrogens with one attached hydrogen (secondary N) is 2. The maximum Gasteiger partial charge on any atom is 0.311 e. The Morgan fingerprint density at radius 2 is 2.16 bits per heavy atom. The minimum absolute atomic E-state index is 0.116. The zero-order valence-corrected chi connectivity index (χ0v) is 9.91. The molecule has 0 unspecified atom stereocenters. The van der Waals surface area contributed by atoms with Crippen molar-refractivity contribution in [2.45, 2.75) is 6.54 Å². The minimum atomic E-state index is -0.506. The summed E-state index contributed by atoms with van der Waals surface area (Å²) in [7, 11) is 0. The van der Waals surface area contributed by atoms with Gasteiger partial charge in [0.2, 0.25) is 5.82 Å². The van der Waals surface area contributed by atoms with Crippen LogP contribution in [0.3, 0.4) is 0 Å². The molecule has 0 aliphatic carbocycles. The summed E-state index contributed by atoms with van der Waals surface area (Å²) in [5.74, 6) is 5.72. The van der Waals surface area contributed by atoms with E-state index >= 15 is 0 Å². The second-order valence-electron chi connectivity index (χ2n) is 3.64. The lowest BCUT2D eigenvalue weighted by Crippen LogP contribution is -2.11. The third kappa shape index (κ3) is 3.13. The molecule has 0 amide bonds. The van der Waals surface area contributed by atoms with Gasteiger partial charge in [0.1, 0.15) is 5.82 Å². The van der Waals surface area contributed by atoms with E-state index in [9.17, 15) is 10.1 Å². The van der Waals surface area contributed by atoms with Crippen LogP contribution < -0.4 is 16.6 Å². The summed E-state index contributed by atoms with van der Waals surface area (Å²) in [6, 6.07) is 8.21. The number of hydrogen-bond donors (Lipinski definition) is 3. The summed E-state index contributed by atoms with van der Waals surface area (Å²) in [4.78, 5) is 18.5. The van der Waals surface area contributed by atoms with Gasteiger partial charge in [-0.25, -0.2) is 10.8 Å². The quantitative estimate of drug-likeness (QED) is 0.421. The standard InChI is InChI=1S/C11H12N6O2/c12-16-10-5-4-9(17(18)19)11(15-10)14-7-8-3-1-2-6-13-8/h1-6H,7,12H2,(H2,14,15,16). The number of pyridine rings is 2. The van der Waals surface area contributed by atoms with E-state index in [2.05, 4.69) is 20.7 Å². The van der Waals surface area contributed by atoms with Crippen LogP contribution in [-0.4, -0.2) is 14.9 Å². The van der Waals surface area contributed by atoms with Crippen molar-refractivity contribution in [1.29, 1.82) is 0 Å². The molecule has 0 spiro atoms. The number of hydrogen-bond acceptors (Lipinski definition) is 7. The molecule has 4 N–H and O–H groups in total. The van der Waals surface area contributed by atoms with Crippen LogP contribution in [0.25, 0.3) is 0 Å². The van der Waals surface area contributed by atoms with Gasteiger partial charge in [-0.15, -0.1) is 0 Å². The highest BCUT2D eigenvalue weighted by Gasteiger charge is 2.15. The van der Waals surface area contributed by atoms with Gasteiger partial charge in [0.15, 0.2) is 0 Å². The van der Waals surface area contributed by atoms with Crippen LogP contribution in [0.2, 0.25) is 0 Å². The predicted molar refractivity (Wildman–Crippen MR) is 70.3 cm³/mol. The molecule has 0 aromatic carbocycles. The highest BCUT2D eigenvalue weighted by molar-refractivity contribution is 5.60. The topological polar surface area (TPSA) is 119 Å². The number of nitrogens with zero attached hydrogens (tertiary/aromatic N) is 3. The van der Waals surface area contributed by atoms with Crippen molar-refractivity contribution in [3.63, 3.8) is 0 Å². The first-order chi connectivity index (χ1) is 9.20. The van der Waals surface area contributed by atoms with Gasteiger partial charge in [-0.3, -0.25) is 15.1 Å². The van der Waals surface area contributed by atoms with Crippen LogP contribution >= 0.6 is 0 Å².